The van der Waals surface area contributed by atoms with E-state index in [1.54, 1.807) is 11.3 Å². The highest BCUT2D eigenvalue weighted by Crippen LogP contribution is 2.49. The number of aromatic nitrogens is 2. The van der Waals surface area contributed by atoms with Gasteiger partial charge in [-0.05, 0) is 31.4 Å². The predicted molar refractivity (Wildman–Crippen MR) is 95.2 cm³/mol. The Kier molecular flexibility index (Phi) is 4.58. The van der Waals surface area contributed by atoms with Crippen LogP contribution in [0.15, 0.2) is 18.5 Å². The van der Waals surface area contributed by atoms with E-state index in [4.69, 9.17) is 16.3 Å². The molecule has 1 fully saturated rings. The Morgan fingerprint density at radius 2 is 2.30 bits per heavy atom. The van der Waals surface area contributed by atoms with Crippen molar-refractivity contribution in [1.29, 1.82) is 0 Å². The number of thiophene rings is 1. The largest absolute Gasteiger partial charge is 0.369 e. The highest BCUT2D eigenvalue weighted by atomic mass is 35.5. The average molecular weight is 354 g/mol. The number of rotatable bonds is 1. The van der Waals surface area contributed by atoms with Gasteiger partial charge in [0, 0.05) is 42.2 Å². The van der Waals surface area contributed by atoms with Crippen molar-refractivity contribution in [2.75, 3.05) is 6.61 Å². The number of halogens is 1. The molecule has 126 valence electrons. The van der Waals surface area contributed by atoms with Crippen molar-refractivity contribution in [3.05, 3.63) is 38.8 Å². The molecule has 1 saturated heterocycles. The van der Waals surface area contributed by atoms with E-state index < -0.39 is 0 Å². The van der Waals surface area contributed by atoms with Crippen molar-refractivity contribution in [2.24, 2.45) is 7.05 Å². The van der Waals surface area contributed by atoms with Gasteiger partial charge < -0.3 is 10.1 Å². The van der Waals surface area contributed by atoms with Crippen LogP contribution in [-0.4, -0.2) is 22.4 Å². The summed E-state index contributed by atoms with van der Waals surface area (Å²) < 4.78 is 9.09. The van der Waals surface area contributed by atoms with Gasteiger partial charge in [-0.15, -0.1) is 11.3 Å². The standard InChI is InChI=1S/C16H20ClN3OS.CH4/c1-10-6-16(7-13(19-10)12-8-18-20(2)9-12)15-11(3-4-21-16)5-14(17)22-15;/h5,8-10,13,19H,3-4,6-7H2,1-2H3;1H4. The smallest absolute Gasteiger partial charge is 0.106 e. The molecule has 4 nitrogen and oxygen atoms in total. The molecule has 3 unspecified atom stereocenters. The molecule has 6 heteroatoms. The summed E-state index contributed by atoms with van der Waals surface area (Å²) >= 11 is 7.97. The van der Waals surface area contributed by atoms with Crippen LogP contribution in [0, 0.1) is 0 Å². The number of hydrogen-bond acceptors (Lipinski definition) is 4. The van der Waals surface area contributed by atoms with Crippen LogP contribution in [0.25, 0.3) is 0 Å². The molecule has 1 N–H and O–H groups in total. The molecule has 2 aromatic heterocycles. The summed E-state index contributed by atoms with van der Waals surface area (Å²) in [5.41, 5.74) is 2.41. The minimum atomic E-state index is -0.198. The first-order valence-corrected chi connectivity index (χ1v) is 8.92. The van der Waals surface area contributed by atoms with Gasteiger partial charge in [-0.2, -0.15) is 5.10 Å². The van der Waals surface area contributed by atoms with Gasteiger partial charge >= 0.3 is 0 Å². The molecule has 23 heavy (non-hydrogen) atoms. The van der Waals surface area contributed by atoms with Gasteiger partial charge in [0.25, 0.3) is 0 Å². The molecule has 3 atom stereocenters. The van der Waals surface area contributed by atoms with Crippen molar-refractivity contribution in [1.82, 2.24) is 15.1 Å². The number of nitrogens with zero attached hydrogens (tertiary/aromatic N) is 2. The van der Waals surface area contributed by atoms with Crippen LogP contribution in [0.1, 0.15) is 49.2 Å². The molecule has 2 aromatic rings. The summed E-state index contributed by atoms with van der Waals surface area (Å²) in [7, 11) is 1.96. The Bertz CT molecular complexity index is 698. The van der Waals surface area contributed by atoms with Gasteiger partial charge in [-0.1, -0.05) is 19.0 Å². The minimum Gasteiger partial charge on any atom is -0.369 e. The molecule has 0 amide bonds. The molecule has 0 saturated carbocycles. The number of fused-ring (bicyclic) bond motifs is 2. The van der Waals surface area contributed by atoms with E-state index >= 15 is 0 Å². The third-order valence-electron chi connectivity index (χ3n) is 4.73. The number of aryl methyl sites for hydroxylation is 1. The lowest BCUT2D eigenvalue weighted by molar-refractivity contribution is -0.0954. The maximum atomic E-state index is 6.36. The highest BCUT2D eigenvalue weighted by molar-refractivity contribution is 7.16. The summed E-state index contributed by atoms with van der Waals surface area (Å²) in [4.78, 5) is 1.34. The van der Waals surface area contributed by atoms with Crippen LogP contribution in [0.5, 0.6) is 0 Å². The number of nitrogens with one attached hydrogen (secondary N) is 1. The molecule has 4 rings (SSSR count). The second-order valence-electron chi connectivity index (χ2n) is 6.47. The zero-order chi connectivity index (χ0) is 15.3. The number of ether oxygens (including phenoxy) is 1. The first-order chi connectivity index (χ1) is 10.6. The third kappa shape index (κ3) is 2.95. The number of piperidine rings is 1. The van der Waals surface area contributed by atoms with Crippen molar-refractivity contribution < 1.29 is 4.74 Å². The fourth-order valence-corrected chi connectivity index (χ4v) is 5.36. The second-order valence-corrected chi connectivity index (χ2v) is 8.16. The maximum Gasteiger partial charge on any atom is 0.106 e. The Morgan fingerprint density at radius 1 is 1.48 bits per heavy atom. The van der Waals surface area contributed by atoms with Gasteiger partial charge in [0.15, 0.2) is 0 Å². The van der Waals surface area contributed by atoms with Gasteiger partial charge in [0.05, 0.1) is 17.1 Å². The summed E-state index contributed by atoms with van der Waals surface area (Å²) in [5, 5.41) is 8.01. The summed E-state index contributed by atoms with van der Waals surface area (Å²) in [6.45, 7) is 3.02. The lowest BCUT2D eigenvalue weighted by Gasteiger charge is -2.46. The van der Waals surface area contributed by atoms with Gasteiger partial charge in [0.1, 0.15) is 5.60 Å². The lowest BCUT2D eigenvalue weighted by Crippen LogP contribution is -2.49. The van der Waals surface area contributed by atoms with E-state index in [1.807, 2.05) is 17.9 Å². The molecule has 2 aliphatic rings. The second kappa shape index (κ2) is 6.20. The molecule has 0 aliphatic carbocycles. The Hall–Kier alpha value is -0.880. The van der Waals surface area contributed by atoms with E-state index in [0.29, 0.717) is 6.04 Å². The quantitative estimate of drug-likeness (QED) is 0.840. The summed E-state index contributed by atoms with van der Waals surface area (Å²) in [6.07, 6.45) is 6.95. The first-order valence-electron chi connectivity index (χ1n) is 7.73. The molecule has 0 radical (unpaired) electrons. The molecule has 1 spiro atoms. The van der Waals surface area contributed by atoms with Crippen molar-refractivity contribution >= 4 is 22.9 Å². The fourth-order valence-electron chi connectivity index (χ4n) is 3.89. The van der Waals surface area contributed by atoms with Crippen molar-refractivity contribution in [3.8, 4) is 0 Å². The van der Waals surface area contributed by atoms with Crippen LogP contribution in [0.4, 0.5) is 0 Å². The molecule has 0 bridgehead atoms. The minimum absolute atomic E-state index is 0. The summed E-state index contributed by atoms with van der Waals surface area (Å²) in [6, 6.07) is 2.78. The Balaban J connectivity index is 0.00000156. The van der Waals surface area contributed by atoms with Crippen LogP contribution >= 0.6 is 22.9 Å². The fraction of sp³-hybridized carbons (Fsp3) is 0.588. The molecule has 2 aliphatic heterocycles. The van der Waals surface area contributed by atoms with Crippen LogP contribution < -0.4 is 5.32 Å². The predicted octanol–water partition coefficient (Wildman–Crippen LogP) is 4.05. The Labute approximate surface area is 146 Å². The highest BCUT2D eigenvalue weighted by Gasteiger charge is 2.46. The Morgan fingerprint density at radius 3 is 3.04 bits per heavy atom. The average Bonchev–Trinajstić information content (AvgIpc) is 3.04. The lowest BCUT2D eigenvalue weighted by atomic mass is 9.78. The van der Waals surface area contributed by atoms with E-state index in [0.717, 1.165) is 30.2 Å². The van der Waals surface area contributed by atoms with E-state index in [-0.39, 0.29) is 19.1 Å². The van der Waals surface area contributed by atoms with Gasteiger partial charge in [-0.3, -0.25) is 4.68 Å². The van der Waals surface area contributed by atoms with E-state index in [2.05, 4.69) is 29.6 Å². The number of hydrogen-bond donors (Lipinski definition) is 1. The molecular formula is C17H24ClN3OS. The third-order valence-corrected chi connectivity index (χ3v) is 6.22. The zero-order valence-corrected chi connectivity index (χ0v) is 14.4. The van der Waals surface area contributed by atoms with E-state index in [9.17, 15) is 0 Å². The maximum absolute atomic E-state index is 6.36. The van der Waals surface area contributed by atoms with E-state index in [1.165, 1.54) is 16.0 Å². The van der Waals surface area contributed by atoms with Crippen molar-refractivity contribution in [2.45, 2.75) is 51.3 Å². The van der Waals surface area contributed by atoms with Gasteiger partial charge in [0.2, 0.25) is 0 Å². The topological polar surface area (TPSA) is 39.1 Å². The van der Waals surface area contributed by atoms with Crippen LogP contribution in [-0.2, 0) is 23.8 Å². The molecule has 0 aromatic carbocycles. The molecule has 4 heterocycles. The van der Waals surface area contributed by atoms with Crippen LogP contribution in [0.3, 0.4) is 0 Å². The normalized spacial score (nSPS) is 30.0. The SMILES string of the molecule is C.CC1CC2(CC(c3cnn(C)c3)N1)OCCc1cc(Cl)sc12. The summed E-state index contributed by atoms with van der Waals surface area (Å²) in [5.74, 6) is 0. The van der Waals surface area contributed by atoms with Gasteiger partial charge in [-0.25, -0.2) is 0 Å². The zero-order valence-electron chi connectivity index (χ0n) is 12.8. The monoisotopic (exact) mass is 353 g/mol. The van der Waals surface area contributed by atoms with Crippen LogP contribution in [0.2, 0.25) is 4.34 Å². The van der Waals surface area contributed by atoms with Crippen molar-refractivity contribution in [3.63, 3.8) is 0 Å². The first kappa shape index (κ1) is 17.0. The molecular weight excluding hydrogens is 330 g/mol.